The van der Waals surface area contributed by atoms with E-state index in [4.69, 9.17) is 21.1 Å². The van der Waals surface area contributed by atoms with Gasteiger partial charge in [0.25, 0.3) is 0 Å². The number of benzene rings is 1. The fourth-order valence-corrected chi connectivity index (χ4v) is 1.73. The van der Waals surface area contributed by atoms with Gasteiger partial charge in [-0.2, -0.15) is 0 Å². The average molecular weight is 285 g/mol. The number of carboxylic acid groups (broad SMARTS) is 1. The van der Waals surface area contributed by atoms with E-state index in [9.17, 15) is 9.18 Å². The van der Waals surface area contributed by atoms with Crippen LogP contribution in [0.1, 0.15) is 18.7 Å². The molecule has 2 rings (SSSR count). The second-order valence-electron chi connectivity index (χ2n) is 3.85. The van der Waals surface area contributed by atoms with Crippen molar-refractivity contribution in [3.63, 3.8) is 0 Å². The maximum absolute atomic E-state index is 13.3. The van der Waals surface area contributed by atoms with Crippen molar-refractivity contribution >= 4 is 17.6 Å². The first-order valence-corrected chi connectivity index (χ1v) is 5.94. The van der Waals surface area contributed by atoms with Crippen LogP contribution in [0.2, 0.25) is 5.02 Å². The fraction of sp³-hybridized carbons (Fsp3) is 0.250. The Bertz CT molecular complexity index is 600. The van der Waals surface area contributed by atoms with E-state index in [1.807, 2.05) is 0 Å². The Kier molecular flexibility index (Phi) is 4.11. The highest BCUT2D eigenvalue weighted by Gasteiger charge is 2.14. The van der Waals surface area contributed by atoms with Gasteiger partial charge in [-0.05, 0) is 18.6 Å². The van der Waals surface area contributed by atoms with Crippen LogP contribution >= 0.6 is 11.6 Å². The molecule has 1 aromatic heterocycles. The lowest BCUT2D eigenvalue weighted by atomic mass is 10.2. The molecule has 0 saturated carbocycles. The molecule has 2 aromatic rings. The second-order valence-corrected chi connectivity index (χ2v) is 4.23. The minimum Gasteiger partial charge on any atom is -0.481 e. The number of halogens is 2. The molecule has 1 heterocycles. The summed E-state index contributed by atoms with van der Waals surface area (Å²) in [5, 5.41) is 16.0. The molecule has 0 aliphatic carbocycles. The molecular weight excluding hydrogens is 275 g/mol. The predicted molar refractivity (Wildman–Crippen MR) is 65.3 cm³/mol. The second kappa shape index (κ2) is 5.79. The summed E-state index contributed by atoms with van der Waals surface area (Å²) in [6.45, 7) is 0. The van der Waals surface area contributed by atoms with Crippen LogP contribution in [0.5, 0.6) is 0 Å². The van der Waals surface area contributed by atoms with Crippen molar-refractivity contribution < 1.29 is 18.7 Å². The Morgan fingerprint density at radius 1 is 1.42 bits per heavy atom. The standard InChI is InChI=1S/C12H10ClFN2O3/c13-11-7(3-1-4-8(11)14)12-16-15-9(19-12)5-2-6-10(17)18/h1,3-4H,2,5-6H2,(H,17,18). The molecule has 0 saturated heterocycles. The topological polar surface area (TPSA) is 76.2 Å². The number of aryl methyl sites for hydroxylation is 1. The number of rotatable bonds is 5. The summed E-state index contributed by atoms with van der Waals surface area (Å²) in [6.07, 6.45) is 0.776. The van der Waals surface area contributed by atoms with E-state index < -0.39 is 11.8 Å². The highest BCUT2D eigenvalue weighted by Crippen LogP contribution is 2.28. The van der Waals surface area contributed by atoms with Gasteiger partial charge in [0.2, 0.25) is 11.8 Å². The summed E-state index contributed by atoms with van der Waals surface area (Å²) in [6, 6.07) is 4.29. The lowest BCUT2D eigenvalue weighted by molar-refractivity contribution is -0.137. The molecule has 0 aliphatic rings. The molecule has 0 unspecified atom stereocenters. The van der Waals surface area contributed by atoms with Gasteiger partial charge in [-0.25, -0.2) is 4.39 Å². The average Bonchev–Trinajstić information content (AvgIpc) is 2.81. The van der Waals surface area contributed by atoms with Crippen LogP contribution in [-0.2, 0) is 11.2 Å². The first-order chi connectivity index (χ1) is 9.08. The van der Waals surface area contributed by atoms with Crippen molar-refractivity contribution in [3.8, 4) is 11.5 Å². The first kappa shape index (κ1) is 13.5. The van der Waals surface area contributed by atoms with Crippen molar-refractivity contribution in [2.45, 2.75) is 19.3 Å². The number of carbonyl (C=O) groups is 1. The minimum absolute atomic E-state index is 0.0262. The van der Waals surface area contributed by atoms with E-state index in [1.165, 1.54) is 12.1 Å². The first-order valence-electron chi connectivity index (χ1n) is 5.56. The zero-order valence-corrected chi connectivity index (χ0v) is 10.5. The Morgan fingerprint density at radius 2 is 2.21 bits per heavy atom. The molecule has 19 heavy (non-hydrogen) atoms. The van der Waals surface area contributed by atoms with Crippen LogP contribution in [0.3, 0.4) is 0 Å². The highest BCUT2D eigenvalue weighted by molar-refractivity contribution is 6.33. The molecule has 1 N–H and O–H groups in total. The van der Waals surface area contributed by atoms with E-state index in [-0.39, 0.29) is 17.3 Å². The molecule has 0 fully saturated rings. The van der Waals surface area contributed by atoms with Gasteiger partial charge >= 0.3 is 5.97 Å². The van der Waals surface area contributed by atoms with Crippen LogP contribution < -0.4 is 0 Å². The summed E-state index contributed by atoms with van der Waals surface area (Å²) in [4.78, 5) is 10.4. The SMILES string of the molecule is O=C(O)CCCc1nnc(-c2cccc(F)c2Cl)o1. The molecular formula is C12H10ClFN2O3. The van der Waals surface area contributed by atoms with E-state index in [0.29, 0.717) is 24.3 Å². The summed E-state index contributed by atoms with van der Waals surface area (Å²) >= 11 is 5.80. The molecule has 5 nitrogen and oxygen atoms in total. The summed E-state index contributed by atoms with van der Waals surface area (Å²) in [5.41, 5.74) is 0.318. The number of carboxylic acids is 1. The van der Waals surface area contributed by atoms with Crippen molar-refractivity contribution in [1.82, 2.24) is 10.2 Å². The largest absolute Gasteiger partial charge is 0.481 e. The van der Waals surface area contributed by atoms with Gasteiger partial charge in [-0.1, -0.05) is 17.7 Å². The molecule has 7 heteroatoms. The quantitative estimate of drug-likeness (QED) is 0.913. The van der Waals surface area contributed by atoms with Gasteiger partial charge in [0.05, 0.1) is 10.6 Å². The Balaban J connectivity index is 2.12. The van der Waals surface area contributed by atoms with Crippen molar-refractivity contribution in [1.29, 1.82) is 0 Å². The van der Waals surface area contributed by atoms with Gasteiger partial charge in [0.15, 0.2) is 0 Å². The zero-order chi connectivity index (χ0) is 13.8. The molecule has 0 bridgehead atoms. The number of hydrogen-bond acceptors (Lipinski definition) is 4. The number of aromatic nitrogens is 2. The van der Waals surface area contributed by atoms with Gasteiger partial charge < -0.3 is 9.52 Å². The van der Waals surface area contributed by atoms with E-state index in [1.54, 1.807) is 6.07 Å². The summed E-state index contributed by atoms with van der Waals surface area (Å²) in [7, 11) is 0. The maximum Gasteiger partial charge on any atom is 0.303 e. The smallest absolute Gasteiger partial charge is 0.303 e. The van der Waals surface area contributed by atoms with Gasteiger partial charge in [0, 0.05) is 12.8 Å². The molecule has 0 aliphatic heterocycles. The third-order valence-corrected chi connectivity index (χ3v) is 2.81. The fourth-order valence-electron chi connectivity index (χ4n) is 1.52. The number of hydrogen-bond donors (Lipinski definition) is 1. The van der Waals surface area contributed by atoms with Gasteiger partial charge in [-0.15, -0.1) is 10.2 Å². The molecule has 0 spiro atoms. The third-order valence-electron chi connectivity index (χ3n) is 2.43. The molecule has 0 radical (unpaired) electrons. The Labute approximate surface area is 113 Å². The van der Waals surface area contributed by atoms with Crippen LogP contribution in [0.15, 0.2) is 22.6 Å². The van der Waals surface area contributed by atoms with Crippen LogP contribution in [0, 0.1) is 5.82 Å². The van der Waals surface area contributed by atoms with Crippen molar-refractivity contribution in [3.05, 3.63) is 34.9 Å². The molecule has 100 valence electrons. The monoisotopic (exact) mass is 284 g/mol. The number of aliphatic carboxylic acids is 1. The highest BCUT2D eigenvalue weighted by atomic mass is 35.5. The van der Waals surface area contributed by atoms with Crippen LogP contribution in [-0.4, -0.2) is 21.3 Å². The normalized spacial score (nSPS) is 10.6. The lowest BCUT2D eigenvalue weighted by Gasteiger charge is -1.99. The molecule has 1 aromatic carbocycles. The van der Waals surface area contributed by atoms with Gasteiger partial charge in [0.1, 0.15) is 5.82 Å². The van der Waals surface area contributed by atoms with E-state index in [0.717, 1.165) is 0 Å². The van der Waals surface area contributed by atoms with Crippen LogP contribution in [0.4, 0.5) is 4.39 Å². The lowest BCUT2D eigenvalue weighted by Crippen LogP contribution is -1.95. The van der Waals surface area contributed by atoms with Crippen molar-refractivity contribution in [2.24, 2.45) is 0 Å². The molecule has 0 atom stereocenters. The Morgan fingerprint density at radius 3 is 2.95 bits per heavy atom. The molecule has 0 amide bonds. The maximum atomic E-state index is 13.3. The Hall–Kier alpha value is -1.95. The zero-order valence-electron chi connectivity index (χ0n) is 9.77. The summed E-state index contributed by atoms with van der Waals surface area (Å²) < 4.78 is 18.6. The van der Waals surface area contributed by atoms with Gasteiger partial charge in [-0.3, -0.25) is 4.79 Å². The van der Waals surface area contributed by atoms with E-state index in [2.05, 4.69) is 10.2 Å². The minimum atomic E-state index is -0.882. The van der Waals surface area contributed by atoms with Crippen LogP contribution in [0.25, 0.3) is 11.5 Å². The van der Waals surface area contributed by atoms with E-state index >= 15 is 0 Å². The summed E-state index contributed by atoms with van der Waals surface area (Å²) in [5.74, 6) is -1.02. The predicted octanol–water partition coefficient (Wildman–Crippen LogP) is 2.94. The van der Waals surface area contributed by atoms with Crippen molar-refractivity contribution in [2.75, 3.05) is 0 Å². The third kappa shape index (κ3) is 3.29. The number of nitrogens with zero attached hydrogens (tertiary/aromatic N) is 2.